The smallest absolute Gasteiger partial charge is 0.0815 e. The van der Waals surface area contributed by atoms with Gasteiger partial charge in [0, 0.05) is 49.9 Å². The first-order chi connectivity index (χ1) is 32.0. The van der Waals surface area contributed by atoms with Crippen molar-refractivity contribution in [3.05, 3.63) is 198 Å². The molecular formula is C63H60N4. The van der Waals surface area contributed by atoms with E-state index in [4.69, 9.17) is 9.97 Å². The first-order valence-electron chi connectivity index (χ1n) is 23.6. The number of hydrogen-bond donors (Lipinski definition) is 2. The molecule has 0 fully saturated rings. The number of benzene rings is 5. The van der Waals surface area contributed by atoms with E-state index in [0.717, 1.165) is 78.2 Å². The zero-order valence-corrected chi connectivity index (χ0v) is 41.4. The average Bonchev–Trinajstić information content (AvgIpc) is 4.08. The first kappa shape index (κ1) is 43.6. The fourth-order valence-electron chi connectivity index (χ4n) is 11.6. The SMILES string of the molecule is Cc1ccc(C2=Cc3nc2c(-c2c(C)cc(C)cc2C)c2ccc([nH]2)c(-c2c(C)cc(C)cc2C)c2nc(c(-c4c(C)cc(C)cc4C)c4ccc([nH]4)c3-c3c(C)cc(C)cc3C)C=C2)cc1. The first-order valence-corrected chi connectivity index (χ1v) is 23.6. The highest BCUT2D eigenvalue weighted by Gasteiger charge is 2.27. The number of hydrogen-bond acceptors (Lipinski definition) is 2. The molecule has 10 rings (SSSR count). The molecule has 0 spiro atoms. The van der Waals surface area contributed by atoms with E-state index < -0.39 is 0 Å². The molecule has 0 aliphatic carbocycles. The fourth-order valence-corrected chi connectivity index (χ4v) is 11.6. The summed E-state index contributed by atoms with van der Waals surface area (Å²) in [7, 11) is 0. The molecule has 2 aliphatic heterocycles. The summed E-state index contributed by atoms with van der Waals surface area (Å²) in [6, 6.07) is 36.4. The van der Waals surface area contributed by atoms with Gasteiger partial charge in [-0.3, -0.25) is 0 Å². The van der Waals surface area contributed by atoms with Crippen molar-refractivity contribution in [2.75, 3.05) is 0 Å². The third kappa shape index (κ3) is 7.59. The maximum absolute atomic E-state index is 5.93. The van der Waals surface area contributed by atoms with Crippen LogP contribution in [0.4, 0.5) is 0 Å². The van der Waals surface area contributed by atoms with Crippen LogP contribution >= 0.6 is 0 Å². The van der Waals surface area contributed by atoms with Gasteiger partial charge in [-0.15, -0.1) is 0 Å². The lowest BCUT2D eigenvalue weighted by atomic mass is 9.89. The maximum atomic E-state index is 5.93. The largest absolute Gasteiger partial charge is 0.354 e. The van der Waals surface area contributed by atoms with Crippen molar-refractivity contribution in [3.8, 4) is 44.5 Å². The molecule has 5 heterocycles. The summed E-state index contributed by atoms with van der Waals surface area (Å²) in [5, 5.41) is 0. The lowest BCUT2D eigenvalue weighted by molar-refractivity contribution is 1.26. The molecule has 3 aromatic heterocycles. The van der Waals surface area contributed by atoms with E-state index in [0.29, 0.717) is 0 Å². The monoisotopic (exact) mass is 872 g/mol. The van der Waals surface area contributed by atoms with Crippen molar-refractivity contribution in [2.24, 2.45) is 0 Å². The van der Waals surface area contributed by atoms with Crippen LogP contribution in [0.1, 0.15) is 101 Å². The topological polar surface area (TPSA) is 57.4 Å². The number of aromatic amines is 2. The second-order valence-electron chi connectivity index (χ2n) is 19.7. The van der Waals surface area contributed by atoms with E-state index in [1.807, 2.05) is 0 Å². The minimum absolute atomic E-state index is 0.920. The highest BCUT2D eigenvalue weighted by Crippen LogP contribution is 2.45. The Morgan fingerprint density at radius 2 is 0.612 bits per heavy atom. The summed E-state index contributed by atoms with van der Waals surface area (Å²) in [5.41, 5.74) is 34.9. The summed E-state index contributed by atoms with van der Waals surface area (Å²) in [4.78, 5) is 19.8. The number of rotatable bonds is 5. The van der Waals surface area contributed by atoms with Gasteiger partial charge < -0.3 is 9.97 Å². The fraction of sp³-hybridized carbons (Fsp3) is 0.206. The summed E-state index contributed by atoms with van der Waals surface area (Å²) >= 11 is 0. The van der Waals surface area contributed by atoms with Crippen LogP contribution in [0.5, 0.6) is 0 Å². The molecule has 2 aliphatic rings. The number of aryl methyl sites for hydroxylation is 13. The van der Waals surface area contributed by atoms with Crippen LogP contribution in [0, 0.1) is 90.0 Å². The van der Waals surface area contributed by atoms with E-state index in [2.05, 4.69) is 215 Å². The second kappa shape index (κ2) is 16.5. The molecule has 5 aromatic carbocycles. The zero-order chi connectivity index (χ0) is 47.2. The van der Waals surface area contributed by atoms with Crippen molar-refractivity contribution in [2.45, 2.75) is 90.0 Å². The predicted octanol–water partition coefficient (Wildman–Crippen LogP) is 16.8. The van der Waals surface area contributed by atoms with Crippen LogP contribution in [0.15, 0.2) is 97.1 Å². The van der Waals surface area contributed by atoms with Gasteiger partial charge >= 0.3 is 0 Å². The van der Waals surface area contributed by atoms with Crippen molar-refractivity contribution in [3.63, 3.8) is 0 Å². The Kier molecular flexibility index (Phi) is 10.8. The molecule has 0 saturated carbocycles. The third-order valence-electron chi connectivity index (χ3n) is 13.9. The molecule has 8 aromatic rings. The highest BCUT2D eigenvalue weighted by atomic mass is 14.8. The molecule has 8 bridgehead atoms. The zero-order valence-electron chi connectivity index (χ0n) is 41.4. The van der Waals surface area contributed by atoms with Gasteiger partial charge in [0.1, 0.15) is 0 Å². The standard InChI is InChI=1S/C63H60N4/c1-33-14-16-46(17-15-33)47-32-54-61(57-42(10)28-36(4)29-43(57)11)52-21-20-50(65-52)59(55-38(6)24-34(2)25-39(55)7)48-18-19-49(64-48)60(56-40(8)26-35(3)27-41(56)9)51-22-23-53(66-51)62(63(47)67-54)58-44(12)30-37(5)31-45(58)13/h14-32,65-66H,1-13H3. The number of fused-ring (bicyclic) bond motifs is 8. The Morgan fingerprint density at radius 1 is 0.299 bits per heavy atom. The Bertz CT molecular complexity index is 3540. The molecular weight excluding hydrogens is 813 g/mol. The molecule has 0 radical (unpaired) electrons. The van der Waals surface area contributed by atoms with Crippen molar-refractivity contribution < 1.29 is 0 Å². The van der Waals surface area contributed by atoms with E-state index in [-0.39, 0.29) is 0 Å². The minimum Gasteiger partial charge on any atom is -0.354 e. The number of aromatic nitrogens is 4. The van der Waals surface area contributed by atoms with Gasteiger partial charge in [0.05, 0.1) is 22.8 Å². The molecule has 4 nitrogen and oxygen atoms in total. The molecule has 0 amide bonds. The minimum atomic E-state index is 0.920. The molecule has 2 N–H and O–H groups in total. The Hall–Kier alpha value is -7.30. The van der Waals surface area contributed by atoms with E-state index in [9.17, 15) is 0 Å². The van der Waals surface area contributed by atoms with Gasteiger partial charge in [-0.05, 0) is 205 Å². The van der Waals surface area contributed by atoms with Gasteiger partial charge in [0.2, 0.25) is 0 Å². The number of nitrogens with one attached hydrogen (secondary N) is 2. The van der Waals surface area contributed by atoms with Crippen LogP contribution < -0.4 is 0 Å². The average molecular weight is 873 g/mol. The van der Waals surface area contributed by atoms with Crippen LogP contribution in [0.25, 0.3) is 90.4 Å². The summed E-state index contributed by atoms with van der Waals surface area (Å²) in [6.07, 6.45) is 6.79. The summed E-state index contributed by atoms with van der Waals surface area (Å²) in [6.45, 7) is 28.8. The Morgan fingerprint density at radius 3 is 0.970 bits per heavy atom. The van der Waals surface area contributed by atoms with E-state index >= 15 is 0 Å². The molecule has 0 unspecified atom stereocenters. The van der Waals surface area contributed by atoms with Gasteiger partial charge in [0.15, 0.2) is 0 Å². The van der Waals surface area contributed by atoms with Crippen LogP contribution in [0.2, 0.25) is 0 Å². The maximum Gasteiger partial charge on any atom is 0.0815 e. The van der Waals surface area contributed by atoms with Crippen LogP contribution in [0.3, 0.4) is 0 Å². The molecule has 0 atom stereocenters. The third-order valence-corrected chi connectivity index (χ3v) is 13.9. The second-order valence-corrected chi connectivity index (χ2v) is 19.7. The van der Waals surface area contributed by atoms with Gasteiger partial charge in [0.25, 0.3) is 0 Å². The normalized spacial score (nSPS) is 12.3. The lowest BCUT2D eigenvalue weighted by Crippen LogP contribution is -1.97. The van der Waals surface area contributed by atoms with Crippen molar-refractivity contribution in [1.29, 1.82) is 0 Å². The Balaban J connectivity index is 1.50. The number of H-pyrrole nitrogens is 2. The van der Waals surface area contributed by atoms with Gasteiger partial charge in [-0.1, -0.05) is 101 Å². The Labute approximate surface area is 396 Å². The van der Waals surface area contributed by atoms with Gasteiger partial charge in [-0.25, -0.2) is 9.97 Å². The number of nitrogens with zero attached hydrogens (tertiary/aromatic N) is 2. The predicted molar refractivity (Wildman–Crippen MR) is 287 cm³/mol. The van der Waals surface area contributed by atoms with Crippen molar-refractivity contribution in [1.82, 2.24) is 19.9 Å². The molecule has 4 heteroatoms. The quantitative estimate of drug-likeness (QED) is 0.181. The molecule has 332 valence electrons. The van der Waals surface area contributed by atoms with E-state index in [1.54, 1.807) is 0 Å². The van der Waals surface area contributed by atoms with Crippen LogP contribution in [-0.2, 0) is 0 Å². The van der Waals surface area contributed by atoms with Crippen molar-refractivity contribution >= 4 is 45.9 Å². The molecule has 0 saturated heterocycles. The highest BCUT2D eigenvalue weighted by molar-refractivity contribution is 6.06. The summed E-state index contributed by atoms with van der Waals surface area (Å²) < 4.78 is 0. The summed E-state index contributed by atoms with van der Waals surface area (Å²) in [5.74, 6) is 0. The van der Waals surface area contributed by atoms with E-state index in [1.165, 1.54) is 94.6 Å². The molecule has 67 heavy (non-hydrogen) atoms. The van der Waals surface area contributed by atoms with Crippen LogP contribution in [-0.4, -0.2) is 19.9 Å². The lowest BCUT2D eigenvalue weighted by Gasteiger charge is -2.16. The van der Waals surface area contributed by atoms with Gasteiger partial charge in [-0.2, -0.15) is 0 Å².